The van der Waals surface area contributed by atoms with E-state index in [1.54, 1.807) is 0 Å². The lowest BCUT2D eigenvalue weighted by molar-refractivity contribution is 0.329. The maximum absolute atomic E-state index is 8.00. The topological polar surface area (TPSA) is 40.5 Å². The Labute approximate surface area is 61.0 Å². The van der Waals surface area contributed by atoms with Crippen LogP contribution in [0.4, 0.5) is 0 Å². The van der Waals surface area contributed by atoms with Gasteiger partial charge in [0.15, 0.2) is 0 Å². The summed E-state index contributed by atoms with van der Waals surface area (Å²) in [7, 11) is 0. The predicted octanol–water partition coefficient (Wildman–Crippen LogP) is 0.371. The lowest BCUT2D eigenvalue weighted by Gasteiger charge is -1.73. The molecule has 0 rings (SSSR count). The molecule has 0 radical (unpaired) electrons. The molecule has 0 spiro atoms. The Kier molecular flexibility index (Phi) is 30.8. The van der Waals surface area contributed by atoms with Crippen molar-refractivity contribution >= 4 is 24.8 Å². The smallest absolute Gasteiger partial charge is 0.0613 e. The van der Waals surface area contributed by atoms with Gasteiger partial charge in [0, 0.05) is 0 Å². The highest BCUT2D eigenvalue weighted by atomic mass is 35.5. The van der Waals surface area contributed by atoms with Crippen LogP contribution >= 0.6 is 24.8 Å². The Morgan fingerprint density at radius 3 is 1.25 bits per heavy atom. The van der Waals surface area contributed by atoms with Crippen molar-refractivity contribution in [1.29, 1.82) is 0 Å². The monoisotopic (exact) mass is 160 g/mol. The zero-order chi connectivity index (χ0) is 4.83. The van der Waals surface area contributed by atoms with Crippen LogP contribution in [0.2, 0.25) is 0 Å². The third-order valence-corrected chi connectivity index (χ3v) is 0.377. The Morgan fingerprint density at radius 1 is 0.875 bits per heavy atom. The van der Waals surface area contributed by atoms with E-state index >= 15 is 0 Å². The molecule has 0 atom stereocenters. The maximum atomic E-state index is 8.00. The number of hydrogen-bond donors (Lipinski definition) is 2. The van der Waals surface area contributed by atoms with Gasteiger partial charge < -0.3 is 10.2 Å². The van der Waals surface area contributed by atoms with Crippen molar-refractivity contribution in [1.82, 2.24) is 0 Å². The zero-order valence-electron chi connectivity index (χ0n) is 4.28. The Balaban J connectivity index is -0.000000125. The van der Waals surface area contributed by atoms with E-state index in [4.69, 9.17) is 10.2 Å². The quantitative estimate of drug-likeness (QED) is 0.574. The Morgan fingerprint density at radius 2 is 1.12 bits per heavy atom. The SMILES string of the molecule is Cl.Cl.OC/C=C/CO. The van der Waals surface area contributed by atoms with Gasteiger partial charge in [0.25, 0.3) is 0 Å². The second kappa shape index (κ2) is 15.7. The fourth-order valence-corrected chi connectivity index (χ4v) is 0.149. The van der Waals surface area contributed by atoms with E-state index in [1.165, 1.54) is 12.2 Å². The van der Waals surface area contributed by atoms with Crippen molar-refractivity contribution in [2.45, 2.75) is 0 Å². The van der Waals surface area contributed by atoms with E-state index in [-0.39, 0.29) is 38.0 Å². The third-order valence-electron chi connectivity index (χ3n) is 0.377. The van der Waals surface area contributed by atoms with E-state index < -0.39 is 0 Å². The van der Waals surface area contributed by atoms with Gasteiger partial charge in [-0.25, -0.2) is 0 Å². The molecule has 0 aliphatic heterocycles. The molecule has 0 aromatic rings. The van der Waals surface area contributed by atoms with Gasteiger partial charge in [-0.1, -0.05) is 12.2 Å². The highest BCUT2D eigenvalue weighted by Gasteiger charge is 1.61. The lowest BCUT2D eigenvalue weighted by atomic mass is 10.5. The van der Waals surface area contributed by atoms with Gasteiger partial charge in [-0.15, -0.1) is 24.8 Å². The van der Waals surface area contributed by atoms with Crippen LogP contribution in [0.15, 0.2) is 12.2 Å². The summed E-state index contributed by atoms with van der Waals surface area (Å²) in [5.74, 6) is 0. The molecule has 0 amide bonds. The zero-order valence-corrected chi connectivity index (χ0v) is 5.91. The highest BCUT2D eigenvalue weighted by molar-refractivity contribution is 5.85. The number of aliphatic hydroxyl groups is 2. The molecule has 0 heterocycles. The Hall–Kier alpha value is 0.240. The molecule has 2 nitrogen and oxygen atoms in total. The summed E-state index contributed by atoms with van der Waals surface area (Å²) >= 11 is 0. The first-order valence-corrected chi connectivity index (χ1v) is 1.78. The van der Waals surface area contributed by atoms with Crippen molar-refractivity contribution in [3.8, 4) is 0 Å². The van der Waals surface area contributed by atoms with Crippen molar-refractivity contribution < 1.29 is 10.2 Å². The van der Waals surface area contributed by atoms with Gasteiger partial charge in [0.05, 0.1) is 13.2 Å². The summed E-state index contributed by atoms with van der Waals surface area (Å²) in [5, 5.41) is 16.0. The number of rotatable bonds is 2. The van der Waals surface area contributed by atoms with E-state index in [1.807, 2.05) is 0 Å². The fourth-order valence-electron chi connectivity index (χ4n) is 0.149. The minimum absolute atomic E-state index is 0. The first-order chi connectivity index (χ1) is 2.91. The minimum Gasteiger partial charge on any atom is -0.392 e. The third kappa shape index (κ3) is 16.3. The molecular formula is C4H10Cl2O2. The minimum atomic E-state index is 0. The first kappa shape index (κ1) is 15.7. The van der Waals surface area contributed by atoms with Crippen molar-refractivity contribution in [3.05, 3.63) is 12.2 Å². The molecule has 8 heavy (non-hydrogen) atoms. The second-order valence-electron chi connectivity index (χ2n) is 0.837. The second-order valence-corrected chi connectivity index (χ2v) is 0.837. The molecule has 52 valence electrons. The van der Waals surface area contributed by atoms with Gasteiger partial charge in [-0.2, -0.15) is 0 Å². The molecule has 0 unspecified atom stereocenters. The van der Waals surface area contributed by atoms with Crippen LogP contribution in [0, 0.1) is 0 Å². The molecule has 0 aliphatic carbocycles. The average molecular weight is 161 g/mol. The average Bonchev–Trinajstić information content (AvgIpc) is 1.61. The van der Waals surface area contributed by atoms with Crippen LogP contribution in [0.1, 0.15) is 0 Å². The summed E-state index contributed by atoms with van der Waals surface area (Å²) in [6.07, 6.45) is 2.97. The van der Waals surface area contributed by atoms with Gasteiger partial charge in [-0.3, -0.25) is 0 Å². The largest absolute Gasteiger partial charge is 0.392 e. The van der Waals surface area contributed by atoms with Crippen LogP contribution in [0.25, 0.3) is 0 Å². The molecule has 2 N–H and O–H groups in total. The molecule has 4 heteroatoms. The maximum Gasteiger partial charge on any atom is 0.0613 e. The van der Waals surface area contributed by atoms with Crippen molar-refractivity contribution in [3.63, 3.8) is 0 Å². The van der Waals surface area contributed by atoms with Gasteiger partial charge in [-0.05, 0) is 0 Å². The summed E-state index contributed by atoms with van der Waals surface area (Å²) < 4.78 is 0. The highest BCUT2D eigenvalue weighted by Crippen LogP contribution is 1.63. The fraction of sp³-hybridized carbons (Fsp3) is 0.500. The predicted molar refractivity (Wildman–Crippen MR) is 37.8 cm³/mol. The molecule has 0 aromatic carbocycles. The van der Waals surface area contributed by atoms with Crippen LogP contribution in [0.3, 0.4) is 0 Å². The van der Waals surface area contributed by atoms with Crippen molar-refractivity contribution in [2.75, 3.05) is 13.2 Å². The van der Waals surface area contributed by atoms with Crippen LogP contribution in [-0.4, -0.2) is 23.4 Å². The molecule has 0 fully saturated rings. The summed E-state index contributed by atoms with van der Waals surface area (Å²) in [5.41, 5.74) is 0. The van der Waals surface area contributed by atoms with Gasteiger partial charge >= 0.3 is 0 Å². The summed E-state index contributed by atoms with van der Waals surface area (Å²) in [4.78, 5) is 0. The summed E-state index contributed by atoms with van der Waals surface area (Å²) in [6, 6.07) is 0. The molecule has 0 saturated carbocycles. The van der Waals surface area contributed by atoms with E-state index in [2.05, 4.69) is 0 Å². The van der Waals surface area contributed by atoms with E-state index in [0.29, 0.717) is 0 Å². The molecular weight excluding hydrogens is 151 g/mol. The van der Waals surface area contributed by atoms with Crippen LogP contribution in [0.5, 0.6) is 0 Å². The molecule has 0 saturated heterocycles. The lowest BCUT2D eigenvalue weighted by Crippen LogP contribution is -1.74. The first-order valence-electron chi connectivity index (χ1n) is 1.78. The number of aliphatic hydroxyl groups excluding tert-OH is 2. The van der Waals surface area contributed by atoms with Crippen LogP contribution in [-0.2, 0) is 0 Å². The number of halogens is 2. The standard InChI is InChI=1S/C4H8O2.2ClH/c5-3-1-2-4-6;;/h1-2,5-6H,3-4H2;2*1H/b2-1+;;. The number of hydrogen-bond acceptors (Lipinski definition) is 2. The van der Waals surface area contributed by atoms with Gasteiger partial charge in [0.1, 0.15) is 0 Å². The normalized spacial score (nSPS) is 7.75. The molecule has 0 aliphatic rings. The molecule has 0 bridgehead atoms. The molecule has 0 aromatic heterocycles. The van der Waals surface area contributed by atoms with Crippen molar-refractivity contribution in [2.24, 2.45) is 0 Å². The summed E-state index contributed by atoms with van der Waals surface area (Å²) in [6.45, 7) is 0.0289. The van der Waals surface area contributed by atoms with Gasteiger partial charge in [0.2, 0.25) is 0 Å². The Bertz CT molecular complexity index is 41.3. The van der Waals surface area contributed by atoms with E-state index in [0.717, 1.165) is 0 Å². The van der Waals surface area contributed by atoms with Crippen LogP contribution < -0.4 is 0 Å². The van der Waals surface area contributed by atoms with E-state index in [9.17, 15) is 0 Å².